The standard InChI is InChI=1S/C12H17N5O2/c1-6-3-8(7(2)18)19-12(6)17-5-16-9-10(13)14-4-15-11(9)17/h4-8,12,18H,3H2,1-2H3,(H2,13,14,15)/t6-,7+,8-,12+/m0/s1. The minimum absolute atomic E-state index is 0.156. The number of nitrogen functional groups attached to an aromatic ring is 1. The third-order valence-electron chi connectivity index (χ3n) is 3.60. The molecule has 1 fully saturated rings. The summed E-state index contributed by atoms with van der Waals surface area (Å²) in [6.07, 6.45) is 3.07. The Bertz CT molecular complexity index is 597. The summed E-state index contributed by atoms with van der Waals surface area (Å²) in [4.78, 5) is 12.4. The third kappa shape index (κ3) is 1.95. The van der Waals surface area contributed by atoms with Crippen LogP contribution in [0.15, 0.2) is 12.7 Å². The molecular weight excluding hydrogens is 246 g/mol. The van der Waals surface area contributed by atoms with E-state index in [4.69, 9.17) is 10.5 Å². The number of imidazole rings is 1. The van der Waals surface area contributed by atoms with Gasteiger partial charge in [0.15, 0.2) is 11.5 Å². The molecule has 7 heteroatoms. The SMILES string of the molecule is C[C@@H](O)[C@@H]1C[C@H](C)[C@H](n2cnc3c(N)ncnc32)O1. The molecule has 19 heavy (non-hydrogen) atoms. The van der Waals surface area contributed by atoms with E-state index in [1.54, 1.807) is 13.3 Å². The molecule has 1 saturated heterocycles. The molecule has 0 radical (unpaired) electrons. The van der Waals surface area contributed by atoms with Crippen LogP contribution in [0, 0.1) is 5.92 Å². The molecule has 2 aromatic rings. The molecule has 0 aliphatic carbocycles. The van der Waals surface area contributed by atoms with Crippen LogP contribution < -0.4 is 5.73 Å². The van der Waals surface area contributed by atoms with Crippen molar-refractivity contribution >= 4 is 17.0 Å². The van der Waals surface area contributed by atoms with Crippen LogP contribution in [0.25, 0.3) is 11.2 Å². The first-order valence-electron chi connectivity index (χ1n) is 6.34. The van der Waals surface area contributed by atoms with E-state index in [0.29, 0.717) is 17.0 Å². The van der Waals surface area contributed by atoms with Crippen molar-refractivity contribution in [2.45, 2.75) is 38.7 Å². The van der Waals surface area contributed by atoms with Crippen molar-refractivity contribution in [1.29, 1.82) is 0 Å². The average molecular weight is 263 g/mol. The quantitative estimate of drug-likeness (QED) is 0.828. The first-order valence-corrected chi connectivity index (χ1v) is 6.34. The Hall–Kier alpha value is -1.73. The van der Waals surface area contributed by atoms with Gasteiger partial charge in [0, 0.05) is 5.92 Å². The van der Waals surface area contributed by atoms with Crippen LogP contribution in [0.2, 0.25) is 0 Å². The van der Waals surface area contributed by atoms with Crippen molar-refractivity contribution in [1.82, 2.24) is 19.5 Å². The molecule has 7 nitrogen and oxygen atoms in total. The fourth-order valence-electron chi connectivity index (χ4n) is 2.56. The molecule has 0 bridgehead atoms. The van der Waals surface area contributed by atoms with Gasteiger partial charge < -0.3 is 15.6 Å². The van der Waals surface area contributed by atoms with Gasteiger partial charge in [-0.3, -0.25) is 4.57 Å². The van der Waals surface area contributed by atoms with Gasteiger partial charge in [-0.1, -0.05) is 6.92 Å². The molecule has 4 atom stereocenters. The maximum absolute atomic E-state index is 9.65. The fraction of sp³-hybridized carbons (Fsp3) is 0.583. The lowest BCUT2D eigenvalue weighted by Gasteiger charge is -2.18. The number of anilines is 1. The van der Waals surface area contributed by atoms with Gasteiger partial charge in [-0.25, -0.2) is 15.0 Å². The maximum Gasteiger partial charge on any atom is 0.167 e. The molecular formula is C12H17N5O2. The van der Waals surface area contributed by atoms with Crippen LogP contribution >= 0.6 is 0 Å². The van der Waals surface area contributed by atoms with Gasteiger partial charge in [0.1, 0.15) is 18.1 Å². The highest BCUT2D eigenvalue weighted by atomic mass is 16.5. The third-order valence-corrected chi connectivity index (χ3v) is 3.60. The molecule has 1 aliphatic rings. The predicted molar refractivity (Wildman–Crippen MR) is 69.1 cm³/mol. The lowest BCUT2D eigenvalue weighted by Crippen LogP contribution is -2.22. The minimum Gasteiger partial charge on any atom is -0.391 e. The highest BCUT2D eigenvalue weighted by molar-refractivity contribution is 5.81. The first kappa shape index (κ1) is 12.3. The molecule has 1 aliphatic heterocycles. The van der Waals surface area contributed by atoms with Crippen molar-refractivity contribution in [3.63, 3.8) is 0 Å². The van der Waals surface area contributed by atoms with Crippen LogP contribution in [-0.2, 0) is 4.74 Å². The zero-order valence-corrected chi connectivity index (χ0v) is 10.9. The second kappa shape index (κ2) is 4.43. The Morgan fingerprint density at radius 2 is 2.26 bits per heavy atom. The lowest BCUT2D eigenvalue weighted by atomic mass is 10.0. The summed E-state index contributed by atoms with van der Waals surface area (Å²) in [5.41, 5.74) is 7.02. The van der Waals surface area contributed by atoms with Crippen molar-refractivity contribution < 1.29 is 9.84 Å². The van der Waals surface area contributed by atoms with Crippen molar-refractivity contribution in [2.75, 3.05) is 5.73 Å². The Morgan fingerprint density at radius 1 is 1.47 bits per heavy atom. The Balaban J connectivity index is 1.99. The fourth-order valence-corrected chi connectivity index (χ4v) is 2.56. The molecule has 0 amide bonds. The van der Waals surface area contributed by atoms with E-state index in [1.165, 1.54) is 6.33 Å². The summed E-state index contributed by atoms with van der Waals surface area (Å²) in [6.45, 7) is 3.83. The normalized spacial score (nSPS) is 28.9. The smallest absolute Gasteiger partial charge is 0.167 e. The van der Waals surface area contributed by atoms with Gasteiger partial charge in [-0.2, -0.15) is 0 Å². The van der Waals surface area contributed by atoms with Crippen molar-refractivity contribution in [3.05, 3.63) is 12.7 Å². The molecule has 3 rings (SSSR count). The summed E-state index contributed by atoms with van der Waals surface area (Å²) >= 11 is 0. The van der Waals surface area contributed by atoms with E-state index in [-0.39, 0.29) is 18.2 Å². The molecule has 2 aromatic heterocycles. The molecule has 0 spiro atoms. The number of fused-ring (bicyclic) bond motifs is 1. The first-order chi connectivity index (χ1) is 9.08. The van der Waals surface area contributed by atoms with Crippen LogP contribution in [-0.4, -0.2) is 36.8 Å². The van der Waals surface area contributed by atoms with Crippen LogP contribution in [0.4, 0.5) is 5.82 Å². The number of nitrogens with two attached hydrogens (primary N) is 1. The number of aliphatic hydroxyl groups is 1. The van der Waals surface area contributed by atoms with E-state index in [0.717, 1.165) is 6.42 Å². The van der Waals surface area contributed by atoms with E-state index < -0.39 is 6.10 Å². The monoisotopic (exact) mass is 263 g/mol. The summed E-state index contributed by atoms with van der Waals surface area (Å²) in [5, 5.41) is 9.65. The number of hydrogen-bond acceptors (Lipinski definition) is 6. The van der Waals surface area contributed by atoms with Gasteiger partial charge >= 0.3 is 0 Å². The van der Waals surface area contributed by atoms with Crippen molar-refractivity contribution in [3.8, 4) is 0 Å². The Kier molecular flexibility index (Phi) is 2.87. The maximum atomic E-state index is 9.65. The van der Waals surface area contributed by atoms with E-state index in [1.807, 2.05) is 4.57 Å². The van der Waals surface area contributed by atoms with Gasteiger partial charge in [0.05, 0.1) is 18.5 Å². The topological polar surface area (TPSA) is 99.1 Å². The number of aliphatic hydroxyl groups excluding tert-OH is 1. The van der Waals surface area contributed by atoms with Gasteiger partial charge in [-0.05, 0) is 13.3 Å². The predicted octanol–water partition coefficient (Wildman–Crippen LogP) is 0.713. The highest BCUT2D eigenvalue weighted by Gasteiger charge is 2.36. The summed E-state index contributed by atoms with van der Waals surface area (Å²) in [5.74, 6) is 0.634. The second-order valence-electron chi connectivity index (χ2n) is 5.10. The zero-order valence-electron chi connectivity index (χ0n) is 10.9. The molecule has 0 saturated carbocycles. The molecule has 0 aromatic carbocycles. The van der Waals surface area contributed by atoms with Gasteiger partial charge in [0.25, 0.3) is 0 Å². The number of ether oxygens (including phenoxy) is 1. The zero-order chi connectivity index (χ0) is 13.6. The van der Waals surface area contributed by atoms with E-state index in [9.17, 15) is 5.11 Å². The van der Waals surface area contributed by atoms with Crippen molar-refractivity contribution in [2.24, 2.45) is 5.92 Å². The molecule has 102 valence electrons. The van der Waals surface area contributed by atoms with E-state index in [2.05, 4.69) is 21.9 Å². The van der Waals surface area contributed by atoms with Gasteiger partial charge in [-0.15, -0.1) is 0 Å². The molecule has 3 heterocycles. The number of nitrogens with zero attached hydrogens (tertiary/aromatic N) is 4. The van der Waals surface area contributed by atoms with Crippen LogP contribution in [0.5, 0.6) is 0 Å². The summed E-state index contributed by atoms with van der Waals surface area (Å²) in [7, 11) is 0. The summed E-state index contributed by atoms with van der Waals surface area (Å²) < 4.78 is 7.76. The van der Waals surface area contributed by atoms with Crippen LogP contribution in [0.3, 0.4) is 0 Å². The lowest BCUT2D eigenvalue weighted by molar-refractivity contribution is -0.0573. The average Bonchev–Trinajstić information content (AvgIpc) is 2.93. The molecule has 3 N–H and O–H groups in total. The number of rotatable bonds is 2. The Morgan fingerprint density at radius 3 is 2.95 bits per heavy atom. The Labute approximate surface area is 110 Å². The second-order valence-corrected chi connectivity index (χ2v) is 5.10. The number of aromatic nitrogens is 4. The van der Waals surface area contributed by atoms with Crippen LogP contribution in [0.1, 0.15) is 26.5 Å². The van der Waals surface area contributed by atoms with Gasteiger partial charge in [0.2, 0.25) is 0 Å². The summed E-state index contributed by atoms with van der Waals surface area (Å²) in [6, 6.07) is 0. The number of hydrogen-bond donors (Lipinski definition) is 2. The molecule has 0 unspecified atom stereocenters. The highest BCUT2D eigenvalue weighted by Crippen LogP contribution is 2.36. The minimum atomic E-state index is -0.484. The van der Waals surface area contributed by atoms with E-state index >= 15 is 0 Å². The largest absolute Gasteiger partial charge is 0.391 e.